The molecule has 0 saturated carbocycles. The third-order valence-corrected chi connectivity index (χ3v) is 2.84. The summed E-state index contributed by atoms with van der Waals surface area (Å²) in [5.74, 6) is 0.711. The van der Waals surface area contributed by atoms with Gasteiger partial charge in [0, 0.05) is 29.2 Å². The number of nitrogens with zero attached hydrogens (tertiary/aromatic N) is 1. The highest BCUT2D eigenvalue weighted by molar-refractivity contribution is 9.10. The van der Waals surface area contributed by atoms with E-state index in [0.29, 0.717) is 12.5 Å². The van der Waals surface area contributed by atoms with Crippen molar-refractivity contribution in [2.24, 2.45) is 0 Å². The van der Waals surface area contributed by atoms with E-state index in [1.165, 1.54) is 0 Å². The topological polar surface area (TPSA) is 34.1 Å². The Morgan fingerprint density at radius 1 is 1.56 bits per heavy atom. The highest BCUT2D eigenvalue weighted by Gasteiger charge is 2.06. The van der Waals surface area contributed by atoms with Crippen LogP contribution < -0.4 is 10.1 Å². The Hall–Kier alpha value is -0.870. The fourth-order valence-corrected chi connectivity index (χ4v) is 1.83. The Labute approximate surface area is 118 Å². The zero-order valence-corrected chi connectivity index (χ0v) is 12.7. The van der Waals surface area contributed by atoms with Crippen LogP contribution >= 0.6 is 15.9 Å². The van der Waals surface area contributed by atoms with Gasteiger partial charge in [-0.25, -0.2) is 4.98 Å². The molecule has 1 aromatic heterocycles. The molecule has 1 N–H and O–H groups in total. The summed E-state index contributed by atoms with van der Waals surface area (Å²) in [6, 6.07) is 2.05. The number of ether oxygens (including phenoxy) is 1. The second-order valence-corrected chi connectivity index (χ2v) is 5.27. The fraction of sp³-hybridized carbons (Fsp3) is 0.500. The van der Waals surface area contributed by atoms with Gasteiger partial charge in [-0.2, -0.15) is 0 Å². The van der Waals surface area contributed by atoms with Gasteiger partial charge in [-0.3, -0.25) is 0 Å². The van der Waals surface area contributed by atoms with Gasteiger partial charge in [-0.1, -0.05) is 12.5 Å². The second kappa shape index (κ2) is 8.27. The summed E-state index contributed by atoms with van der Waals surface area (Å²) in [7, 11) is 0. The number of nitrogens with one attached hydrogen (secondary N) is 1. The first kappa shape index (κ1) is 15.2. The van der Waals surface area contributed by atoms with E-state index in [2.05, 4.69) is 39.7 Å². The lowest BCUT2D eigenvalue weighted by atomic mass is 10.2. The molecule has 0 unspecified atom stereocenters. The van der Waals surface area contributed by atoms with Crippen LogP contribution in [-0.2, 0) is 6.54 Å². The molecule has 1 rings (SSSR count). The number of aromatic nitrogens is 1. The van der Waals surface area contributed by atoms with E-state index in [1.54, 1.807) is 6.20 Å². The van der Waals surface area contributed by atoms with Crippen LogP contribution in [0, 0.1) is 0 Å². The Kier molecular flexibility index (Phi) is 6.98. The van der Waals surface area contributed by atoms with Gasteiger partial charge < -0.3 is 10.1 Å². The highest BCUT2D eigenvalue weighted by Crippen LogP contribution is 2.20. The van der Waals surface area contributed by atoms with Gasteiger partial charge in [0.15, 0.2) is 0 Å². The van der Waals surface area contributed by atoms with Crippen molar-refractivity contribution in [3.8, 4) is 5.88 Å². The van der Waals surface area contributed by atoms with Crippen LogP contribution in [0.3, 0.4) is 0 Å². The zero-order valence-electron chi connectivity index (χ0n) is 11.1. The van der Waals surface area contributed by atoms with Gasteiger partial charge >= 0.3 is 0 Å². The van der Waals surface area contributed by atoms with E-state index in [4.69, 9.17) is 4.74 Å². The molecule has 0 aliphatic carbocycles. The largest absolute Gasteiger partial charge is 0.477 e. The maximum atomic E-state index is 5.70. The third-order valence-electron chi connectivity index (χ3n) is 2.40. The number of hydrogen-bond acceptors (Lipinski definition) is 3. The van der Waals surface area contributed by atoms with Gasteiger partial charge in [0.05, 0.1) is 6.61 Å². The standard InChI is InChI=1S/C14H21BrN2O/c1-4-6-16-9-12-8-13(15)10-17-14(12)18-7-5-11(2)3/h8,10,16H,2,4-7,9H2,1,3H3. The summed E-state index contributed by atoms with van der Waals surface area (Å²) >= 11 is 3.44. The monoisotopic (exact) mass is 312 g/mol. The van der Waals surface area contributed by atoms with Crippen LogP contribution in [-0.4, -0.2) is 18.1 Å². The van der Waals surface area contributed by atoms with Crippen molar-refractivity contribution >= 4 is 15.9 Å². The van der Waals surface area contributed by atoms with Crippen LogP contribution in [0.15, 0.2) is 28.9 Å². The van der Waals surface area contributed by atoms with Crippen molar-refractivity contribution in [1.82, 2.24) is 10.3 Å². The van der Waals surface area contributed by atoms with E-state index in [-0.39, 0.29) is 0 Å². The first-order chi connectivity index (χ1) is 8.63. The average Bonchev–Trinajstić information content (AvgIpc) is 2.32. The van der Waals surface area contributed by atoms with Crippen molar-refractivity contribution in [1.29, 1.82) is 0 Å². The van der Waals surface area contributed by atoms with Crippen molar-refractivity contribution in [2.45, 2.75) is 33.2 Å². The zero-order chi connectivity index (χ0) is 13.4. The van der Waals surface area contributed by atoms with Crippen molar-refractivity contribution in [3.05, 3.63) is 34.5 Å². The predicted molar refractivity (Wildman–Crippen MR) is 78.9 cm³/mol. The fourth-order valence-electron chi connectivity index (χ4n) is 1.45. The molecule has 1 aromatic rings. The molecular formula is C14H21BrN2O. The number of rotatable bonds is 8. The molecule has 4 heteroatoms. The van der Waals surface area contributed by atoms with Gasteiger partial charge in [0.25, 0.3) is 0 Å². The van der Waals surface area contributed by atoms with E-state index in [9.17, 15) is 0 Å². The molecule has 3 nitrogen and oxygen atoms in total. The van der Waals surface area contributed by atoms with E-state index in [1.807, 2.05) is 13.0 Å². The van der Waals surface area contributed by atoms with Gasteiger partial charge in [-0.15, -0.1) is 6.58 Å². The molecule has 0 spiro atoms. The van der Waals surface area contributed by atoms with E-state index in [0.717, 1.165) is 41.5 Å². The first-order valence-electron chi connectivity index (χ1n) is 6.25. The maximum Gasteiger partial charge on any atom is 0.217 e. The highest BCUT2D eigenvalue weighted by atomic mass is 79.9. The summed E-state index contributed by atoms with van der Waals surface area (Å²) in [6.45, 7) is 10.4. The second-order valence-electron chi connectivity index (χ2n) is 4.35. The van der Waals surface area contributed by atoms with E-state index < -0.39 is 0 Å². The SMILES string of the molecule is C=C(C)CCOc1ncc(Br)cc1CNCCC. The third kappa shape index (κ3) is 5.65. The summed E-state index contributed by atoms with van der Waals surface area (Å²) in [5.41, 5.74) is 2.21. The van der Waals surface area contributed by atoms with Crippen LogP contribution in [0.5, 0.6) is 5.88 Å². The van der Waals surface area contributed by atoms with Crippen molar-refractivity contribution in [3.63, 3.8) is 0 Å². The molecule has 0 aromatic carbocycles. The summed E-state index contributed by atoms with van der Waals surface area (Å²) in [6.07, 6.45) is 3.74. The number of hydrogen-bond donors (Lipinski definition) is 1. The first-order valence-corrected chi connectivity index (χ1v) is 7.05. The Morgan fingerprint density at radius 3 is 3.00 bits per heavy atom. The predicted octanol–water partition coefficient (Wildman–Crippen LogP) is 3.69. The normalized spacial score (nSPS) is 10.4. The van der Waals surface area contributed by atoms with Gasteiger partial charge in [0.1, 0.15) is 0 Å². The minimum Gasteiger partial charge on any atom is -0.477 e. The lowest BCUT2D eigenvalue weighted by molar-refractivity contribution is 0.305. The summed E-state index contributed by atoms with van der Waals surface area (Å²) in [5, 5.41) is 3.36. The molecular weight excluding hydrogens is 292 g/mol. The molecule has 0 amide bonds. The smallest absolute Gasteiger partial charge is 0.217 e. The van der Waals surface area contributed by atoms with Crippen molar-refractivity contribution < 1.29 is 4.74 Å². The maximum absolute atomic E-state index is 5.70. The Morgan fingerprint density at radius 2 is 2.33 bits per heavy atom. The number of halogens is 1. The minimum atomic E-state index is 0.630. The van der Waals surface area contributed by atoms with E-state index >= 15 is 0 Å². The minimum absolute atomic E-state index is 0.630. The summed E-state index contributed by atoms with van der Waals surface area (Å²) < 4.78 is 6.68. The van der Waals surface area contributed by atoms with Crippen molar-refractivity contribution in [2.75, 3.05) is 13.2 Å². The molecule has 0 atom stereocenters. The molecule has 0 radical (unpaired) electrons. The molecule has 0 bridgehead atoms. The molecule has 100 valence electrons. The van der Waals surface area contributed by atoms with Crippen LogP contribution in [0.2, 0.25) is 0 Å². The quantitative estimate of drug-likeness (QED) is 0.587. The molecule has 0 aliphatic heterocycles. The molecule has 1 heterocycles. The van der Waals surface area contributed by atoms with Gasteiger partial charge in [-0.05, 0) is 41.9 Å². The summed E-state index contributed by atoms with van der Waals surface area (Å²) in [4.78, 5) is 4.32. The molecule has 0 fully saturated rings. The molecule has 18 heavy (non-hydrogen) atoms. The Balaban J connectivity index is 2.60. The molecule has 0 saturated heterocycles. The van der Waals surface area contributed by atoms with Crippen LogP contribution in [0.25, 0.3) is 0 Å². The Bertz CT molecular complexity index is 393. The van der Waals surface area contributed by atoms with Crippen LogP contribution in [0.4, 0.5) is 0 Å². The average molecular weight is 313 g/mol. The molecule has 0 aliphatic rings. The lowest BCUT2D eigenvalue weighted by Gasteiger charge is -2.11. The number of pyridine rings is 1. The lowest BCUT2D eigenvalue weighted by Crippen LogP contribution is -2.15. The van der Waals surface area contributed by atoms with Crippen LogP contribution in [0.1, 0.15) is 32.3 Å². The van der Waals surface area contributed by atoms with Gasteiger partial charge in [0.2, 0.25) is 5.88 Å².